The van der Waals surface area contributed by atoms with Gasteiger partial charge < -0.3 is 5.32 Å². The molecule has 2 aromatic carbocycles. The van der Waals surface area contributed by atoms with Crippen LogP contribution in [0.2, 0.25) is 0 Å². The average molecular weight is 459 g/mol. The second kappa shape index (κ2) is 9.28. The zero-order valence-corrected chi connectivity index (χ0v) is 18.4. The maximum Gasteiger partial charge on any atom is 0.248 e. The van der Waals surface area contributed by atoms with E-state index in [-0.39, 0.29) is 31.7 Å². The highest BCUT2D eigenvalue weighted by atomic mass is 32.2. The standard InChI is InChI=1S/C23H24F2N4O2S/c1-32-19-8-3-2-6-17(19)21(22(31)27-16-9-11-23(24,25)12-10-16)29(14-30)18-7-4-5-15-13-26-28-20(15)18/h2-8,13-14,16,21H,9-12H2,1H3,(H,26,28)(H,27,31). The van der Waals surface area contributed by atoms with Crippen LogP contribution in [0.3, 0.4) is 0 Å². The van der Waals surface area contributed by atoms with Crippen LogP contribution in [0.5, 0.6) is 0 Å². The van der Waals surface area contributed by atoms with Crippen molar-refractivity contribution in [3.8, 4) is 0 Å². The highest BCUT2D eigenvalue weighted by Gasteiger charge is 2.37. The molecule has 1 aliphatic rings. The Balaban J connectivity index is 1.73. The lowest BCUT2D eigenvalue weighted by atomic mass is 9.91. The molecule has 9 heteroatoms. The second-order valence-corrected chi connectivity index (χ2v) is 8.76. The first-order chi connectivity index (χ1) is 15.4. The first kappa shape index (κ1) is 22.3. The molecule has 1 saturated carbocycles. The molecule has 1 unspecified atom stereocenters. The molecule has 0 saturated heterocycles. The third-order valence-electron chi connectivity index (χ3n) is 5.87. The molecule has 1 fully saturated rings. The molecule has 1 atom stereocenters. The lowest BCUT2D eigenvalue weighted by molar-refractivity contribution is -0.125. The highest BCUT2D eigenvalue weighted by Crippen LogP contribution is 2.36. The van der Waals surface area contributed by atoms with Gasteiger partial charge in [-0.2, -0.15) is 5.10 Å². The fourth-order valence-electron chi connectivity index (χ4n) is 4.20. The Labute approximate surface area is 188 Å². The Hall–Kier alpha value is -2.94. The monoisotopic (exact) mass is 458 g/mol. The number of aromatic amines is 1. The molecule has 32 heavy (non-hydrogen) atoms. The van der Waals surface area contributed by atoms with Crippen molar-refractivity contribution in [2.45, 2.75) is 48.6 Å². The van der Waals surface area contributed by atoms with Crippen LogP contribution < -0.4 is 10.2 Å². The molecule has 168 valence electrons. The van der Waals surface area contributed by atoms with E-state index in [4.69, 9.17) is 0 Å². The summed E-state index contributed by atoms with van der Waals surface area (Å²) >= 11 is 1.47. The zero-order valence-electron chi connectivity index (χ0n) is 17.6. The first-order valence-corrected chi connectivity index (χ1v) is 11.6. The molecule has 1 aromatic heterocycles. The van der Waals surface area contributed by atoms with Crippen molar-refractivity contribution in [1.82, 2.24) is 15.5 Å². The number of benzene rings is 2. The molecule has 2 N–H and O–H groups in total. The number of H-pyrrole nitrogens is 1. The molecule has 2 amide bonds. The third kappa shape index (κ3) is 4.48. The summed E-state index contributed by atoms with van der Waals surface area (Å²) in [6.07, 6.45) is 4.07. The van der Waals surface area contributed by atoms with Gasteiger partial charge in [0.25, 0.3) is 0 Å². The number of amides is 2. The molecule has 1 heterocycles. The van der Waals surface area contributed by atoms with Gasteiger partial charge in [0, 0.05) is 29.2 Å². The van der Waals surface area contributed by atoms with Crippen LogP contribution in [0.4, 0.5) is 14.5 Å². The predicted octanol–water partition coefficient (Wildman–Crippen LogP) is 4.68. The van der Waals surface area contributed by atoms with Gasteiger partial charge in [-0.05, 0) is 36.8 Å². The Morgan fingerprint density at radius 2 is 2.00 bits per heavy atom. The Kier molecular flexibility index (Phi) is 6.45. The number of nitrogens with zero attached hydrogens (tertiary/aromatic N) is 2. The van der Waals surface area contributed by atoms with Crippen molar-refractivity contribution in [3.05, 3.63) is 54.2 Å². The Morgan fingerprint density at radius 3 is 2.72 bits per heavy atom. The number of rotatable bonds is 7. The van der Waals surface area contributed by atoms with E-state index in [1.165, 1.54) is 16.7 Å². The van der Waals surface area contributed by atoms with Crippen LogP contribution in [0, 0.1) is 0 Å². The van der Waals surface area contributed by atoms with Gasteiger partial charge in [0.15, 0.2) is 0 Å². The van der Waals surface area contributed by atoms with E-state index >= 15 is 0 Å². The quantitative estimate of drug-likeness (QED) is 0.398. The van der Waals surface area contributed by atoms with Crippen molar-refractivity contribution in [2.75, 3.05) is 11.2 Å². The topological polar surface area (TPSA) is 78.1 Å². The van der Waals surface area contributed by atoms with E-state index in [9.17, 15) is 18.4 Å². The summed E-state index contributed by atoms with van der Waals surface area (Å²) in [5.74, 6) is -3.08. The number of halogens is 2. The molecular formula is C23H24F2N4O2S. The summed E-state index contributed by atoms with van der Waals surface area (Å²) in [5.41, 5.74) is 1.82. The molecule has 4 rings (SSSR count). The minimum absolute atomic E-state index is 0.201. The number of hydrogen-bond donors (Lipinski definition) is 2. The summed E-state index contributed by atoms with van der Waals surface area (Å²) in [5, 5.41) is 10.7. The molecular weight excluding hydrogens is 434 g/mol. The van der Waals surface area contributed by atoms with Gasteiger partial charge in [0.1, 0.15) is 6.04 Å². The van der Waals surface area contributed by atoms with Crippen LogP contribution in [0.1, 0.15) is 37.3 Å². The number of carbonyl (C=O) groups is 2. The lowest BCUT2D eigenvalue weighted by Gasteiger charge is -2.33. The minimum atomic E-state index is -2.68. The number of anilines is 1. The van der Waals surface area contributed by atoms with Gasteiger partial charge in [-0.25, -0.2) is 8.78 Å². The van der Waals surface area contributed by atoms with Gasteiger partial charge >= 0.3 is 0 Å². The number of para-hydroxylation sites is 1. The number of aromatic nitrogens is 2. The normalized spacial score (nSPS) is 17.1. The van der Waals surface area contributed by atoms with Gasteiger partial charge in [0.05, 0.1) is 17.4 Å². The predicted molar refractivity (Wildman–Crippen MR) is 121 cm³/mol. The number of thioether (sulfide) groups is 1. The Morgan fingerprint density at radius 1 is 1.25 bits per heavy atom. The third-order valence-corrected chi connectivity index (χ3v) is 6.68. The summed E-state index contributed by atoms with van der Waals surface area (Å²) in [4.78, 5) is 28.2. The maximum absolute atomic E-state index is 13.6. The number of nitrogens with one attached hydrogen (secondary N) is 2. The van der Waals surface area contributed by atoms with Crippen molar-refractivity contribution >= 4 is 40.7 Å². The minimum Gasteiger partial charge on any atom is -0.351 e. The van der Waals surface area contributed by atoms with Crippen molar-refractivity contribution in [2.24, 2.45) is 0 Å². The number of fused-ring (bicyclic) bond motifs is 1. The molecule has 0 radical (unpaired) electrons. The van der Waals surface area contributed by atoms with E-state index in [0.29, 0.717) is 23.2 Å². The Bertz CT molecular complexity index is 1110. The number of alkyl halides is 2. The molecule has 0 bridgehead atoms. The first-order valence-electron chi connectivity index (χ1n) is 10.4. The second-order valence-electron chi connectivity index (χ2n) is 7.91. The van der Waals surface area contributed by atoms with Crippen LogP contribution in [-0.2, 0) is 9.59 Å². The largest absolute Gasteiger partial charge is 0.351 e. The van der Waals surface area contributed by atoms with Crippen LogP contribution in [0.25, 0.3) is 10.9 Å². The smallest absolute Gasteiger partial charge is 0.248 e. The maximum atomic E-state index is 13.6. The molecule has 0 aliphatic heterocycles. The van der Waals surface area contributed by atoms with Crippen molar-refractivity contribution in [3.63, 3.8) is 0 Å². The van der Waals surface area contributed by atoms with Crippen LogP contribution in [0.15, 0.2) is 53.6 Å². The fourth-order valence-corrected chi connectivity index (χ4v) is 4.83. The molecule has 6 nitrogen and oxygen atoms in total. The van der Waals surface area contributed by atoms with Gasteiger partial charge in [-0.15, -0.1) is 11.8 Å². The zero-order chi connectivity index (χ0) is 22.7. The number of carbonyl (C=O) groups excluding carboxylic acids is 2. The SMILES string of the molecule is CSc1ccccc1C(C(=O)NC1CCC(F)(F)CC1)N(C=O)c1cccc2cn[nH]c12. The summed E-state index contributed by atoms with van der Waals surface area (Å²) in [7, 11) is 0. The van der Waals surface area contributed by atoms with E-state index in [0.717, 1.165) is 10.3 Å². The van der Waals surface area contributed by atoms with Gasteiger partial charge in [0.2, 0.25) is 18.2 Å². The van der Waals surface area contributed by atoms with E-state index in [2.05, 4.69) is 15.5 Å². The van der Waals surface area contributed by atoms with E-state index in [1.54, 1.807) is 18.3 Å². The van der Waals surface area contributed by atoms with E-state index < -0.39 is 17.9 Å². The average Bonchev–Trinajstić information content (AvgIpc) is 3.28. The molecule has 0 spiro atoms. The van der Waals surface area contributed by atoms with Crippen LogP contribution in [-0.4, -0.2) is 40.7 Å². The lowest BCUT2D eigenvalue weighted by Crippen LogP contribution is -2.46. The molecule has 3 aromatic rings. The fraction of sp³-hybridized carbons (Fsp3) is 0.348. The summed E-state index contributed by atoms with van der Waals surface area (Å²) in [6.45, 7) is 0. The van der Waals surface area contributed by atoms with Crippen molar-refractivity contribution in [1.29, 1.82) is 0 Å². The number of hydrogen-bond acceptors (Lipinski definition) is 4. The van der Waals surface area contributed by atoms with Crippen LogP contribution >= 0.6 is 11.8 Å². The molecule has 1 aliphatic carbocycles. The highest BCUT2D eigenvalue weighted by molar-refractivity contribution is 7.98. The summed E-state index contributed by atoms with van der Waals surface area (Å²) in [6, 6.07) is 11.5. The van der Waals surface area contributed by atoms with Gasteiger partial charge in [-0.3, -0.25) is 19.6 Å². The van der Waals surface area contributed by atoms with E-state index in [1.807, 2.05) is 36.6 Å². The van der Waals surface area contributed by atoms with Crippen molar-refractivity contribution < 1.29 is 18.4 Å². The summed E-state index contributed by atoms with van der Waals surface area (Å²) < 4.78 is 27.2. The van der Waals surface area contributed by atoms with Gasteiger partial charge in [-0.1, -0.05) is 30.3 Å².